The lowest BCUT2D eigenvalue weighted by atomic mass is 10.2. The van der Waals surface area contributed by atoms with Gasteiger partial charge in [-0.2, -0.15) is 0 Å². The fourth-order valence-corrected chi connectivity index (χ4v) is 3.89. The van der Waals surface area contributed by atoms with E-state index in [-0.39, 0.29) is 0 Å². The topological polar surface area (TPSA) is 37.8 Å². The van der Waals surface area contributed by atoms with Crippen LogP contribution in [0.4, 0.5) is 0 Å². The van der Waals surface area contributed by atoms with Crippen LogP contribution in [0.5, 0.6) is 0 Å². The number of thiazole rings is 1. The normalized spacial score (nSPS) is 14.7. The summed E-state index contributed by atoms with van der Waals surface area (Å²) in [4.78, 5) is 10.7. The Morgan fingerprint density at radius 1 is 1.45 bits per heavy atom. The van der Waals surface area contributed by atoms with E-state index in [0.717, 1.165) is 34.7 Å². The lowest BCUT2D eigenvalue weighted by molar-refractivity contribution is 0.676. The number of nitrogens with one attached hydrogen (secondary N) is 1. The van der Waals surface area contributed by atoms with Crippen molar-refractivity contribution in [3.8, 4) is 10.7 Å². The van der Waals surface area contributed by atoms with Gasteiger partial charge in [-0.3, -0.25) is 4.98 Å². The van der Waals surface area contributed by atoms with E-state index in [1.54, 1.807) is 11.3 Å². The van der Waals surface area contributed by atoms with E-state index in [2.05, 4.69) is 33.2 Å². The molecule has 2 aromatic heterocycles. The Morgan fingerprint density at radius 2 is 2.30 bits per heavy atom. The van der Waals surface area contributed by atoms with Crippen LogP contribution in [0, 0.1) is 0 Å². The second-order valence-corrected chi connectivity index (χ2v) is 7.05. The smallest absolute Gasteiger partial charge is 0.143 e. The van der Waals surface area contributed by atoms with Gasteiger partial charge in [0.05, 0.1) is 5.69 Å². The predicted molar refractivity (Wildman–Crippen MR) is 87.0 cm³/mol. The minimum absolute atomic E-state index is 0.681. The van der Waals surface area contributed by atoms with Crippen LogP contribution in [-0.2, 0) is 6.54 Å². The van der Waals surface area contributed by atoms with Crippen LogP contribution in [0.3, 0.4) is 0 Å². The molecule has 0 amide bonds. The lowest BCUT2D eigenvalue weighted by Crippen LogP contribution is -2.13. The highest BCUT2D eigenvalue weighted by Crippen LogP contribution is 2.44. The summed E-state index contributed by atoms with van der Waals surface area (Å²) in [6.07, 6.45) is 5.56. The van der Waals surface area contributed by atoms with Gasteiger partial charge in [0.15, 0.2) is 0 Å². The minimum atomic E-state index is 0.681. The van der Waals surface area contributed by atoms with Gasteiger partial charge >= 0.3 is 0 Å². The maximum Gasteiger partial charge on any atom is 0.143 e. The predicted octanol–water partition coefficient (Wildman–Crippen LogP) is 4.34. The van der Waals surface area contributed by atoms with Crippen molar-refractivity contribution < 1.29 is 0 Å². The van der Waals surface area contributed by atoms with Crippen molar-refractivity contribution in [2.24, 2.45) is 0 Å². The molecular weight excluding hydrogens is 334 g/mol. The molecule has 0 atom stereocenters. The molecule has 1 aliphatic rings. The Kier molecular flexibility index (Phi) is 4.48. The molecule has 1 fully saturated rings. The molecule has 0 saturated heterocycles. The molecule has 1 aliphatic carbocycles. The summed E-state index contributed by atoms with van der Waals surface area (Å²) >= 11 is 5.35. The number of hydrogen-bond donors (Lipinski definition) is 1. The first-order valence-electron chi connectivity index (χ1n) is 7.10. The Balaban J connectivity index is 1.89. The van der Waals surface area contributed by atoms with Gasteiger partial charge in [0.1, 0.15) is 10.7 Å². The molecule has 0 spiro atoms. The van der Waals surface area contributed by atoms with Crippen LogP contribution >= 0.6 is 27.3 Å². The maximum absolute atomic E-state index is 4.87. The molecule has 2 heterocycles. The van der Waals surface area contributed by atoms with E-state index in [4.69, 9.17) is 4.98 Å². The second kappa shape index (κ2) is 6.33. The number of nitrogens with zero attached hydrogens (tertiary/aromatic N) is 2. The summed E-state index contributed by atoms with van der Waals surface area (Å²) in [6, 6.07) is 3.96. The van der Waals surface area contributed by atoms with Gasteiger partial charge in [0, 0.05) is 28.0 Å². The fraction of sp³-hybridized carbons (Fsp3) is 0.467. The van der Waals surface area contributed by atoms with E-state index in [1.807, 2.05) is 18.3 Å². The molecule has 0 aromatic carbocycles. The average molecular weight is 352 g/mol. The highest BCUT2D eigenvalue weighted by molar-refractivity contribution is 9.10. The molecule has 3 rings (SSSR count). The third-order valence-corrected chi connectivity index (χ3v) is 5.08. The first-order valence-corrected chi connectivity index (χ1v) is 8.71. The number of pyridine rings is 1. The molecular formula is C15H18BrN3S. The van der Waals surface area contributed by atoms with E-state index < -0.39 is 0 Å². The van der Waals surface area contributed by atoms with Crippen LogP contribution in [0.25, 0.3) is 10.7 Å². The Bertz CT molecular complexity index is 593. The summed E-state index contributed by atoms with van der Waals surface area (Å²) < 4.78 is 1.02. The zero-order valence-corrected chi connectivity index (χ0v) is 13.9. The molecule has 5 heteroatoms. The fourth-order valence-electron chi connectivity index (χ4n) is 2.19. The van der Waals surface area contributed by atoms with E-state index in [9.17, 15) is 0 Å². The van der Waals surface area contributed by atoms with Crippen LogP contribution in [0.15, 0.2) is 22.8 Å². The zero-order valence-electron chi connectivity index (χ0n) is 11.5. The van der Waals surface area contributed by atoms with Gasteiger partial charge in [0.2, 0.25) is 0 Å². The molecule has 3 nitrogen and oxygen atoms in total. The number of aromatic nitrogens is 2. The van der Waals surface area contributed by atoms with Crippen molar-refractivity contribution in [3.05, 3.63) is 33.4 Å². The highest BCUT2D eigenvalue weighted by atomic mass is 79.9. The Hall–Kier alpha value is -0.780. The van der Waals surface area contributed by atoms with Crippen molar-refractivity contribution in [2.75, 3.05) is 6.54 Å². The third-order valence-electron chi connectivity index (χ3n) is 3.36. The number of halogens is 1. The molecule has 0 bridgehead atoms. The standard InChI is InChI=1S/C15H18BrN3S/c1-2-7-17-9-12-13(10-5-6-10)19-15(20-12)14-11(16)4-3-8-18-14/h3-4,8,10,17H,2,5-7,9H2,1H3. The zero-order chi connectivity index (χ0) is 13.9. The summed E-state index contributed by atoms with van der Waals surface area (Å²) in [7, 11) is 0. The molecule has 2 aromatic rings. The quantitative estimate of drug-likeness (QED) is 0.786. The molecule has 1 N–H and O–H groups in total. The summed E-state index contributed by atoms with van der Waals surface area (Å²) in [5, 5.41) is 4.53. The largest absolute Gasteiger partial charge is 0.312 e. The molecule has 0 radical (unpaired) electrons. The van der Waals surface area contributed by atoms with Crippen molar-refractivity contribution >= 4 is 27.3 Å². The van der Waals surface area contributed by atoms with Crippen LogP contribution in [-0.4, -0.2) is 16.5 Å². The van der Waals surface area contributed by atoms with E-state index in [0.29, 0.717) is 5.92 Å². The average Bonchev–Trinajstić information content (AvgIpc) is 3.21. The van der Waals surface area contributed by atoms with Crippen LogP contribution < -0.4 is 5.32 Å². The Labute approximate surface area is 132 Å². The van der Waals surface area contributed by atoms with Crippen LogP contribution in [0.1, 0.15) is 42.7 Å². The van der Waals surface area contributed by atoms with Gasteiger partial charge in [-0.05, 0) is 53.9 Å². The van der Waals surface area contributed by atoms with E-state index >= 15 is 0 Å². The summed E-state index contributed by atoms with van der Waals surface area (Å²) in [5.74, 6) is 0.681. The first kappa shape index (κ1) is 14.2. The minimum Gasteiger partial charge on any atom is -0.312 e. The van der Waals surface area contributed by atoms with Gasteiger partial charge in [0.25, 0.3) is 0 Å². The van der Waals surface area contributed by atoms with Gasteiger partial charge in [-0.25, -0.2) is 4.98 Å². The van der Waals surface area contributed by atoms with Crippen molar-refractivity contribution in [2.45, 2.75) is 38.6 Å². The maximum atomic E-state index is 4.87. The molecule has 0 aliphatic heterocycles. The van der Waals surface area contributed by atoms with Crippen LogP contribution in [0.2, 0.25) is 0 Å². The van der Waals surface area contributed by atoms with Gasteiger partial charge in [-0.15, -0.1) is 11.3 Å². The first-order chi connectivity index (χ1) is 9.79. The number of hydrogen-bond acceptors (Lipinski definition) is 4. The van der Waals surface area contributed by atoms with Crippen molar-refractivity contribution in [3.63, 3.8) is 0 Å². The van der Waals surface area contributed by atoms with Gasteiger partial charge in [-0.1, -0.05) is 6.92 Å². The molecule has 1 saturated carbocycles. The third kappa shape index (κ3) is 3.10. The molecule has 106 valence electrons. The summed E-state index contributed by atoms with van der Waals surface area (Å²) in [6.45, 7) is 4.18. The highest BCUT2D eigenvalue weighted by Gasteiger charge is 2.30. The van der Waals surface area contributed by atoms with Gasteiger partial charge < -0.3 is 5.32 Å². The SMILES string of the molecule is CCCNCc1sc(-c2ncccc2Br)nc1C1CC1. The molecule has 0 unspecified atom stereocenters. The Morgan fingerprint density at radius 3 is 3.00 bits per heavy atom. The van der Waals surface area contributed by atoms with E-state index in [1.165, 1.54) is 23.4 Å². The van der Waals surface area contributed by atoms with Crippen molar-refractivity contribution in [1.82, 2.24) is 15.3 Å². The number of rotatable bonds is 6. The monoisotopic (exact) mass is 351 g/mol. The molecule has 20 heavy (non-hydrogen) atoms. The second-order valence-electron chi connectivity index (χ2n) is 5.11. The lowest BCUT2D eigenvalue weighted by Gasteiger charge is -2.01. The van der Waals surface area contributed by atoms with Crippen molar-refractivity contribution in [1.29, 1.82) is 0 Å². The summed E-state index contributed by atoms with van der Waals surface area (Å²) in [5.41, 5.74) is 2.26.